The van der Waals surface area contributed by atoms with E-state index >= 15 is 0 Å². The van der Waals surface area contributed by atoms with Crippen molar-refractivity contribution in [3.63, 3.8) is 0 Å². The van der Waals surface area contributed by atoms with Crippen LogP contribution in [0.15, 0.2) is 6.07 Å². The van der Waals surface area contributed by atoms with Gasteiger partial charge in [-0.05, 0) is 37.3 Å². The van der Waals surface area contributed by atoms with Crippen LogP contribution in [0, 0.1) is 0 Å². The van der Waals surface area contributed by atoms with E-state index in [2.05, 4.69) is 0 Å². The number of hydrogen-bond donors (Lipinski definition) is 2. The van der Waals surface area contributed by atoms with Crippen molar-refractivity contribution in [2.45, 2.75) is 44.2 Å². The lowest BCUT2D eigenvalue weighted by molar-refractivity contribution is -0.141. The van der Waals surface area contributed by atoms with Crippen LogP contribution in [0.2, 0.25) is 0 Å². The van der Waals surface area contributed by atoms with E-state index < -0.39 is 17.6 Å². The van der Waals surface area contributed by atoms with E-state index in [0.717, 1.165) is 16.9 Å². The fourth-order valence-electron chi connectivity index (χ4n) is 3.40. The molecule has 1 atom stereocenters. The molecule has 126 valence electrons. The molecule has 1 amide bonds. The summed E-state index contributed by atoms with van der Waals surface area (Å²) in [6.07, 6.45) is 2.78. The van der Waals surface area contributed by atoms with Gasteiger partial charge in [0.05, 0.1) is 12.6 Å². The second-order valence-electron chi connectivity index (χ2n) is 6.20. The van der Waals surface area contributed by atoms with Crippen molar-refractivity contribution in [3.05, 3.63) is 21.4 Å². The lowest BCUT2D eigenvalue weighted by Crippen LogP contribution is -2.51. The second kappa shape index (κ2) is 6.22. The van der Waals surface area contributed by atoms with Gasteiger partial charge in [0.15, 0.2) is 0 Å². The molecule has 1 aromatic heterocycles. The molecule has 7 heteroatoms. The Morgan fingerprint density at radius 2 is 2.17 bits per heavy atom. The summed E-state index contributed by atoms with van der Waals surface area (Å²) in [4.78, 5) is 26.7. The van der Waals surface area contributed by atoms with Gasteiger partial charge in [0.25, 0.3) is 0 Å². The number of nitrogens with zero attached hydrogens (tertiary/aromatic N) is 1. The monoisotopic (exact) mass is 338 g/mol. The molecule has 1 aromatic rings. The minimum Gasteiger partial charge on any atom is -0.477 e. The Kier molecular flexibility index (Phi) is 4.44. The lowest BCUT2D eigenvalue weighted by Gasteiger charge is -2.44. The van der Waals surface area contributed by atoms with Gasteiger partial charge in [0.2, 0.25) is 5.91 Å². The van der Waals surface area contributed by atoms with Crippen molar-refractivity contribution in [2.75, 3.05) is 19.7 Å². The van der Waals surface area contributed by atoms with Crippen molar-refractivity contribution >= 4 is 23.2 Å². The van der Waals surface area contributed by atoms with E-state index in [-0.39, 0.29) is 5.91 Å². The van der Waals surface area contributed by atoms with Crippen molar-refractivity contribution in [3.8, 4) is 0 Å². The summed E-state index contributed by atoms with van der Waals surface area (Å²) in [7, 11) is 0. The maximum Gasteiger partial charge on any atom is 0.345 e. The predicted octanol–water partition coefficient (Wildman–Crippen LogP) is 1.57. The number of carboxylic acid groups (broad SMARTS) is 1. The Hall–Kier alpha value is -1.44. The van der Waals surface area contributed by atoms with Crippen molar-refractivity contribution < 1.29 is 19.4 Å². The average molecular weight is 338 g/mol. The van der Waals surface area contributed by atoms with Gasteiger partial charge in [0.1, 0.15) is 10.5 Å². The number of hydrogen-bond acceptors (Lipinski definition) is 5. The van der Waals surface area contributed by atoms with E-state index in [0.29, 0.717) is 43.8 Å². The standard InChI is InChI=1S/C16H22N2O4S/c1-2-11(17)14(19)18-6-4-16(5-7-18)13-10(3-8-22-16)9-12(23-13)15(20)21/h9,11H,2-8,17H2,1H3,(H,20,21). The summed E-state index contributed by atoms with van der Waals surface area (Å²) in [6.45, 7) is 3.72. The van der Waals surface area contributed by atoms with Gasteiger partial charge in [-0.15, -0.1) is 11.3 Å². The van der Waals surface area contributed by atoms with Crippen LogP contribution in [0.5, 0.6) is 0 Å². The molecule has 0 radical (unpaired) electrons. The fourth-order valence-corrected chi connectivity index (χ4v) is 4.65. The third kappa shape index (κ3) is 2.88. The molecule has 2 aliphatic rings. The minimum absolute atomic E-state index is 0.00390. The quantitative estimate of drug-likeness (QED) is 0.873. The van der Waals surface area contributed by atoms with Crippen LogP contribution in [0.4, 0.5) is 0 Å². The van der Waals surface area contributed by atoms with E-state index in [1.54, 1.807) is 6.07 Å². The normalized spacial score (nSPS) is 21.0. The van der Waals surface area contributed by atoms with Crippen LogP contribution in [-0.4, -0.2) is 47.6 Å². The highest BCUT2D eigenvalue weighted by atomic mass is 32.1. The third-order valence-corrected chi connectivity index (χ3v) is 6.17. The van der Waals surface area contributed by atoms with E-state index in [9.17, 15) is 14.7 Å². The Morgan fingerprint density at radius 1 is 1.48 bits per heavy atom. The maximum absolute atomic E-state index is 12.2. The first-order valence-electron chi connectivity index (χ1n) is 8.01. The highest BCUT2D eigenvalue weighted by Crippen LogP contribution is 2.45. The average Bonchev–Trinajstić information content (AvgIpc) is 3.00. The number of carbonyl (C=O) groups is 2. The largest absolute Gasteiger partial charge is 0.477 e. The number of likely N-dealkylation sites (tertiary alicyclic amines) is 1. The first kappa shape index (κ1) is 16.4. The molecule has 23 heavy (non-hydrogen) atoms. The van der Waals surface area contributed by atoms with Crippen LogP contribution in [0.25, 0.3) is 0 Å². The summed E-state index contributed by atoms with van der Waals surface area (Å²) >= 11 is 1.32. The molecule has 0 bridgehead atoms. The van der Waals surface area contributed by atoms with Gasteiger partial charge in [-0.2, -0.15) is 0 Å². The molecule has 1 spiro atoms. The molecular weight excluding hydrogens is 316 g/mol. The Labute approximate surface area is 139 Å². The maximum atomic E-state index is 12.2. The zero-order valence-electron chi connectivity index (χ0n) is 13.2. The number of aromatic carboxylic acids is 1. The van der Waals surface area contributed by atoms with Crippen LogP contribution < -0.4 is 5.73 Å². The summed E-state index contributed by atoms with van der Waals surface area (Å²) in [6, 6.07) is 1.34. The molecule has 3 rings (SSSR count). The molecule has 2 aliphatic heterocycles. The molecule has 0 saturated carbocycles. The van der Waals surface area contributed by atoms with Gasteiger partial charge < -0.3 is 20.5 Å². The van der Waals surface area contributed by atoms with Gasteiger partial charge in [-0.3, -0.25) is 4.79 Å². The van der Waals surface area contributed by atoms with E-state index in [1.165, 1.54) is 11.3 Å². The van der Waals surface area contributed by atoms with Crippen molar-refractivity contribution in [2.24, 2.45) is 5.73 Å². The van der Waals surface area contributed by atoms with Crippen molar-refractivity contribution in [1.82, 2.24) is 4.90 Å². The van der Waals surface area contributed by atoms with Gasteiger partial charge >= 0.3 is 5.97 Å². The number of rotatable bonds is 3. The molecular formula is C16H22N2O4S. The number of carbonyl (C=O) groups excluding carboxylic acids is 1. The Bertz CT molecular complexity index is 620. The van der Waals surface area contributed by atoms with Crippen molar-refractivity contribution in [1.29, 1.82) is 0 Å². The minimum atomic E-state index is -0.888. The number of fused-ring (bicyclic) bond motifs is 2. The molecule has 3 heterocycles. The smallest absolute Gasteiger partial charge is 0.345 e. The topological polar surface area (TPSA) is 92.9 Å². The summed E-state index contributed by atoms with van der Waals surface area (Å²) in [5.74, 6) is -0.892. The summed E-state index contributed by atoms with van der Waals surface area (Å²) in [5, 5.41) is 9.23. The van der Waals surface area contributed by atoms with E-state index in [1.807, 2.05) is 11.8 Å². The number of amides is 1. The molecule has 0 aliphatic carbocycles. The predicted molar refractivity (Wildman–Crippen MR) is 86.7 cm³/mol. The first-order chi connectivity index (χ1) is 11.0. The molecule has 6 nitrogen and oxygen atoms in total. The summed E-state index contributed by atoms with van der Waals surface area (Å²) in [5.41, 5.74) is 6.50. The fraction of sp³-hybridized carbons (Fsp3) is 0.625. The zero-order chi connectivity index (χ0) is 16.6. The van der Waals surface area contributed by atoms with Crippen LogP contribution in [0.3, 0.4) is 0 Å². The van der Waals surface area contributed by atoms with Crippen LogP contribution in [0.1, 0.15) is 46.3 Å². The van der Waals surface area contributed by atoms with Crippen LogP contribution >= 0.6 is 11.3 Å². The molecule has 1 saturated heterocycles. The second-order valence-corrected chi connectivity index (χ2v) is 7.26. The van der Waals surface area contributed by atoms with Gasteiger partial charge in [0, 0.05) is 18.0 Å². The SMILES string of the molecule is CCC(N)C(=O)N1CCC2(CC1)OCCc1cc(C(=O)O)sc12. The zero-order valence-corrected chi connectivity index (χ0v) is 14.0. The van der Waals surface area contributed by atoms with Gasteiger partial charge in [-0.25, -0.2) is 4.79 Å². The highest BCUT2D eigenvalue weighted by molar-refractivity contribution is 7.14. The van der Waals surface area contributed by atoms with Crippen LogP contribution in [-0.2, 0) is 21.6 Å². The number of carboxylic acids is 1. The molecule has 1 unspecified atom stereocenters. The Morgan fingerprint density at radius 3 is 2.78 bits per heavy atom. The number of thiophene rings is 1. The highest BCUT2D eigenvalue weighted by Gasteiger charge is 2.43. The van der Waals surface area contributed by atoms with Gasteiger partial charge in [-0.1, -0.05) is 6.92 Å². The molecule has 0 aromatic carbocycles. The summed E-state index contributed by atoms with van der Waals surface area (Å²) < 4.78 is 6.09. The number of nitrogens with two attached hydrogens (primary N) is 1. The molecule has 3 N–H and O–H groups in total. The Balaban J connectivity index is 1.79. The first-order valence-corrected chi connectivity index (χ1v) is 8.83. The number of piperidine rings is 1. The molecule has 1 fully saturated rings. The lowest BCUT2D eigenvalue weighted by atomic mass is 9.85. The van der Waals surface area contributed by atoms with E-state index in [4.69, 9.17) is 10.5 Å². The number of ether oxygens (including phenoxy) is 1. The third-order valence-electron chi connectivity index (χ3n) is 4.82.